The number of benzene rings is 2. The third-order valence-corrected chi connectivity index (χ3v) is 7.33. The van der Waals surface area contributed by atoms with E-state index in [0.29, 0.717) is 31.0 Å². The van der Waals surface area contributed by atoms with Crippen molar-refractivity contribution in [3.05, 3.63) is 54.1 Å². The molecular formula is C22H28N2O5S. The summed E-state index contributed by atoms with van der Waals surface area (Å²) in [6.45, 7) is 3.33. The number of piperazine rings is 1. The second-order valence-corrected chi connectivity index (χ2v) is 9.26. The van der Waals surface area contributed by atoms with Crippen molar-refractivity contribution in [1.29, 1.82) is 0 Å². The summed E-state index contributed by atoms with van der Waals surface area (Å²) in [6.07, 6.45) is 0.409. The van der Waals surface area contributed by atoms with Gasteiger partial charge >= 0.3 is 0 Å². The van der Waals surface area contributed by atoms with Crippen molar-refractivity contribution in [3.63, 3.8) is 0 Å². The topological polar surface area (TPSA) is 76.2 Å². The van der Waals surface area contributed by atoms with Gasteiger partial charge in [-0.2, -0.15) is 4.31 Å². The molecule has 2 aromatic carbocycles. The molecule has 1 heterocycles. The highest BCUT2D eigenvalue weighted by Gasteiger charge is 2.31. The Hall–Kier alpha value is -2.58. The van der Waals surface area contributed by atoms with Crippen molar-refractivity contribution in [2.45, 2.75) is 24.2 Å². The molecule has 1 aliphatic rings. The zero-order chi connectivity index (χ0) is 21.7. The minimum Gasteiger partial charge on any atom is -0.493 e. The molecule has 30 heavy (non-hydrogen) atoms. The standard InChI is InChI=1S/C22H28N2O5S/c1-17(18-7-5-4-6-8-18)15-22(25)23-11-13-24(14-12-23)30(26,27)19-9-10-20(28-2)21(16-19)29-3/h4-10,16-17H,11-15H2,1-3H3. The molecule has 162 valence electrons. The number of carbonyl (C=O) groups is 1. The van der Waals surface area contributed by atoms with E-state index in [-0.39, 0.29) is 29.8 Å². The second kappa shape index (κ2) is 9.49. The van der Waals surface area contributed by atoms with Crippen LogP contribution in [0.3, 0.4) is 0 Å². The number of amides is 1. The van der Waals surface area contributed by atoms with E-state index in [0.717, 1.165) is 5.56 Å². The highest BCUT2D eigenvalue weighted by molar-refractivity contribution is 7.89. The first kappa shape index (κ1) is 22.1. The Morgan fingerprint density at radius 3 is 2.20 bits per heavy atom. The minimum atomic E-state index is -3.67. The van der Waals surface area contributed by atoms with Gasteiger partial charge in [0.1, 0.15) is 0 Å². The molecule has 8 heteroatoms. The van der Waals surface area contributed by atoms with Crippen molar-refractivity contribution >= 4 is 15.9 Å². The lowest BCUT2D eigenvalue weighted by atomic mass is 9.97. The van der Waals surface area contributed by atoms with E-state index in [1.807, 2.05) is 37.3 Å². The summed E-state index contributed by atoms with van der Waals surface area (Å²) in [4.78, 5) is 14.6. The quantitative estimate of drug-likeness (QED) is 0.672. The van der Waals surface area contributed by atoms with Crippen molar-refractivity contribution in [3.8, 4) is 11.5 Å². The van der Waals surface area contributed by atoms with Gasteiger partial charge in [-0.1, -0.05) is 37.3 Å². The Morgan fingerprint density at radius 1 is 0.967 bits per heavy atom. The number of hydrogen-bond donors (Lipinski definition) is 0. The van der Waals surface area contributed by atoms with Crippen LogP contribution in [0.4, 0.5) is 0 Å². The van der Waals surface area contributed by atoms with Crippen molar-refractivity contribution in [1.82, 2.24) is 9.21 Å². The van der Waals surface area contributed by atoms with E-state index in [1.54, 1.807) is 11.0 Å². The van der Waals surface area contributed by atoms with Crippen LogP contribution < -0.4 is 9.47 Å². The van der Waals surface area contributed by atoms with Gasteiger partial charge in [-0.25, -0.2) is 8.42 Å². The van der Waals surface area contributed by atoms with Crippen LogP contribution in [0.15, 0.2) is 53.4 Å². The Labute approximate surface area is 178 Å². The smallest absolute Gasteiger partial charge is 0.243 e. The highest BCUT2D eigenvalue weighted by Crippen LogP contribution is 2.31. The molecule has 0 bridgehead atoms. The fourth-order valence-corrected chi connectivity index (χ4v) is 5.03. The molecule has 0 aliphatic carbocycles. The number of nitrogens with zero attached hydrogens (tertiary/aromatic N) is 2. The number of carbonyl (C=O) groups excluding carboxylic acids is 1. The largest absolute Gasteiger partial charge is 0.493 e. The van der Waals surface area contributed by atoms with Crippen molar-refractivity contribution in [2.75, 3.05) is 40.4 Å². The van der Waals surface area contributed by atoms with Gasteiger partial charge in [0.05, 0.1) is 19.1 Å². The van der Waals surface area contributed by atoms with Gasteiger partial charge in [-0.3, -0.25) is 4.79 Å². The molecule has 1 saturated heterocycles. The van der Waals surface area contributed by atoms with Gasteiger partial charge in [0.25, 0.3) is 0 Å². The average molecular weight is 433 g/mol. The van der Waals surface area contributed by atoms with Gasteiger partial charge in [0.2, 0.25) is 15.9 Å². The van der Waals surface area contributed by atoms with Crippen LogP contribution in [0.5, 0.6) is 11.5 Å². The van der Waals surface area contributed by atoms with Gasteiger partial charge in [-0.15, -0.1) is 0 Å². The molecule has 3 rings (SSSR count). The summed E-state index contributed by atoms with van der Waals surface area (Å²) in [5.74, 6) is 1.00. The molecule has 7 nitrogen and oxygen atoms in total. The number of methoxy groups -OCH3 is 2. The van der Waals surface area contributed by atoms with Crippen LogP contribution in [0.25, 0.3) is 0 Å². The first-order valence-corrected chi connectivity index (χ1v) is 11.4. The zero-order valence-electron chi connectivity index (χ0n) is 17.6. The summed E-state index contributed by atoms with van der Waals surface area (Å²) < 4.78 is 37.9. The summed E-state index contributed by atoms with van der Waals surface area (Å²) in [5.41, 5.74) is 1.13. The summed E-state index contributed by atoms with van der Waals surface area (Å²) >= 11 is 0. The van der Waals surface area contributed by atoms with E-state index < -0.39 is 10.0 Å². The van der Waals surface area contributed by atoms with Crippen LogP contribution in [0.2, 0.25) is 0 Å². The molecule has 0 N–H and O–H groups in total. The molecule has 1 atom stereocenters. The highest BCUT2D eigenvalue weighted by atomic mass is 32.2. The van der Waals surface area contributed by atoms with Crippen molar-refractivity contribution in [2.24, 2.45) is 0 Å². The van der Waals surface area contributed by atoms with Crippen LogP contribution in [-0.2, 0) is 14.8 Å². The van der Waals surface area contributed by atoms with Gasteiger partial charge < -0.3 is 14.4 Å². The Kier molecular flexibility index (Phi) is 6.99. The predicted octanol–water partition coefficient (Wildman–Crippen LogP) is 2.73. The van der Waals surface area contributed by atoms with Crippen LogP contribution >= 0.6 is 0 Å². The summed E-state index contributed by atoms with van der Waals surface area (Å²) in [6, 6.07) is 14.5. The van der Waals surface area contributed by atoms with Gasteiger partial charge in [0, 0.05) is 38.7 Å². The first-order valence-electron chi connectivity index (χ1n) is 9.91. The Balaban J connectivity index is 1.62. The molecular weight excluding hydrogens is 404 g/mol. The average Bonchev–Trinajstić information content (AvgIpc) is 2.79. The maximum atomic E-state index is 13.0. The van der Waals surface area contributed by atoms with E-state index in [9.17, 15) is 13.2 Å². The molecule has 1 unspecified atom stereocenters. The molecule has 0 saturated carbocycles. The maximum Gasteiger partial charge on any atom is 0.243 e. The number of ether oxygens (including phenoxy) is 2. The monoisotopic (exact) mass is 432 g/mol. The minimum absolute atomic E-state index is 0.0505. The Bertz CT molecular complexity index is 970. The summed E-state index contributed by atoms with van der Waals surface area (Å²) in [7, 11) is -0.707. The van der Waals surface area contributed by atoms with Crippen LogP contribution in [-0.4, -0.2) is 63.9 Å². The molecule has 1 aliphatic heterocycles. The number of rotatable bonds is 7. The predicted molar refractivity (Wildman–Crippen MR) is 114 cm³/mol. The lowest BCUT2D eigenvalue weighted by molar-refractivity contribution is -0.132. The molecule has 1 fully saturated rings. The summed E-state index contributed by atoms with van der Waals surface area (Å²) in [5, 5.41) is 0. The van der Waals surface area contributed by atoms with E-state index >= 15 is 0 Å². The van der Waals surface area contributed by atoms with Crippen LogP contribution in [0.1, 0.15) is 24.8 Å². The zero-order valence-corrected chi connectivity index (χ0v) is 18.4. The molecule has 2 aromatic rings. The lowest BCUT2D eigenvalue weighted by Crippen LogP contribution is -2.50. The normalized spacial score (nSPS) is 16.2. The number of sulfonamides is 1. The lowest BCUT2D eigenvalue weighted by Gasteiger charge is -2.34. The third-order valence-electron chi connectivity index (χ3n) is 5.43. The third kappa shape index (κ3) is 4.76. The fourth-order valence-electron chi connectivity index (χ4n) is 3.59. The van der Waals surface area contributed by atoms with Gasteiger partial charge in [-0.05, 0) is 23.6 Å². The SMILES string of the molecule is COc1ccc(S(=O)(=O)N2CCN(C(=O)CC(C)c3ccccc3)CC2)cc1OC. The fraction of sp³-hybridized carbons (Fsp3) is 0.409. The second-order valence-electron chi connectivity index (χ2n) is 7.32. The molecule has 0 spiro atoms. The van der Waals surface area contributed by atoms with E-state index in [1.165, 1.54) is 30.7 Å². The molecule has 0 aromatic heterocycles. The van der Waals surface area contributed by atoms with E-state index in [4.69, 9.17) is 9.47 Å². The molecule has 0 radical (unpaired) electrons. The Morgan fingerprint density at radius 2 is 1.60 bits per heavy atom. The first-order chi connectivity index (χ1) is 14.4. The number of hydrogen-bond acceptors (Lipinski definition) is 5. The molecule has 1 amide bonds. The van der Waals surface area contributed by atoms with Gasteiger partial charge in [0.15, 0.2) is 11.5 Å². The van der Waals surface area contributed by atoms with Crippen LogP contribution in [0, 0.1) is 0 Å². The van der Waals surface area contributed by atoms with E-state index in [2.05, 4.69) is 0 Å². The maximum absolute atomic E-state index is 13.0. The van der Waals surface area contributed by atoms with Crippen molar-refractivity contribution < 1.29 is 22.7 Å².